The van der Waals surface area contributed by atoms with Gasteiger partial charge in [-0.1, -0.05) is 12.1 Å². The van der Waals surface area contributed by atoms with Crippen LogP contribution in [0, 0.1) is 10.5 Å². The predicted octanol–water partition coefficient (Wildman–Crippen LogP) is 4.03. The third-order valence-electron chi connectivity index (χ3n) is 3.43. The second kappa shape index (κ2) is 6.15. The summed E-state index contributed by atoms with van der Waals surface area (Å²) in [6.07, 6.45) is 0.531. The maximum Gasteiger partial charge on any atom is 0.0924 e. The molecular weight excluding hydrogens is 431 g/mol. The zero-order chi connectivity index (χ0) is 14.9. The number of hydrogen-bond donors (Lipinski definition) is 1. The molecule has 5 heteroatoms. The van der Waals surface area contributed by atoms with Gasteiger partial charge in [-0.25, -0.2) is 0 Å². The molecule has 1 heterocycles. The first kappa shape index (κ1) is 16.0. The van der Waals surface area contributed by atoms with Crippen LogP contribution in [0.3, 0.4) is 0 Å². The maximum atomic E-state index is 10.8. The van der Waals surface area contributed by atoms with E-state index in [1.54, 1.807) is 0 Å². The number of aryl methyl sites for hydroxylation is 2. The average Bonchev–Trinajstić information content (AvgIpc) is 2.66. The van der Waals surface area contributed by atoms with Gasteiger partial charge in [0.05, 0.1) is 21.5 Å². The van der Waals surface area contributed by atoms with Crippen LogP contribution in [0.4, 0.5) is 0 Å². The SMILES string of the molecule is CCn1nc(C)c(Br)c1CC(C)(O)c1ccc(I)cc1. The van der Waals surface area contributed by atoms with Crippen molar-refractivity contribution in [1.82, 2.24) is 9.78 Å². The fraction of sp³-hybridized carbons (Fsp3) is 0.400. The molecule has 2 aromatic rings. The lowest BCUT2D eigenvalue weighted by atomic mass is 9.91. The van der Waals surface area contributed by atoms with Gasteiger partial charge in [0, 0.05) is 16.5 Å². The Morgan fingerprint density at radius 1 is 1.35 bits per heavy atom. The van der Waals surface area contributed by atoms with Crippen molar-refractivity contribution >= 4 is 38.5 Å². The van der Waals surface area contributed by atoms with Crippen LogP contribution < -0.4 is 0 Å². The summed E-state index contributed by atoms with van der Waals surface area (Å²) < 4.78 is 4.10. The van der Waals surface area contributed by atoms with Crippen LogP contribution in [0.25, 0.3) is 0 Å². The van der Waals surface area contributed by atoms with E-state index in [2.05, 4.69) is 50.5 Å². The molecule has 0 aliphatic rings. The van der Waals surface area contributed by atoms with E-state index in [-0.39, 0.29) is 0 Å². The summed E-state index contributed by atoms with van der Waals surface area (Å²) in [5, 5.41) is 15.3. The second-order valence-corrected chi connectivity index (χ2v) is 7.16. The topological polar surface area (TPSA) is 38.0 Å². The van der Waals surface area contributed by atoms with Gasteiger partial charge in [-0.05, 0) is 77.0 Å². The monoisotopic (exact) mass is 448 g/mol. The Labute approximate surface area is 141 Å². The zero-order valence-electron chi connectivity index (χ0n) is 11.8. The lowest BCUT2D eigenvalue weighted by molar-refractivity contribution is 0.0552. The summed E-state index contributed by atoms with van der Waals surface area (Å²) in [5.74, 6) is 0. The largest absolute Gasteiger partial charge is 0.385 e. The number of rotatable bonds is 4. The molecule has 0 bridgehead atoms. The highest BCUT2D eigenvalue weighted by Crippen LogP contribution is 2.30. The molecule has 108 valence electrons. The molecule has 1 unspecified atom stereocenters. The highest BCUT2D eigenvalue weighted by atomic mass is 127. The Kier molecular flexibility index (Phi) is 4.92. The lowest BCUT2D eigenvalue weighted by Crippen LogP contribution is -2.26. The van der Waals surface area contributed by atoms with E-state index in [1.807, 2.05) is 42.8 Å². The lowest BCUT2D eigenvalue weighted by Gasteiger charge is -2.24. The first-order valence-electron chi connectivity index (χ1n) is 6.55. The van der Waals surface area contributed by atoms with Crippen molar-refractivity contribution in [3.05, 3.63) is 49.3 Å². The minimum atomic E-state index is -0.910. The van der Waals surface area contributed by atoms with Gasteiger partial charge in [-0.2, -0.15) is 5.10 Å². The number of aliphatic hydroxyl groups is 1. The van der Waals surface area contributed by atoms with E-state index in [0.29, 0.717) is 6.42 Å². The normalized spacial score (nSPS) is 14.3. The first-order chi connectivity index (χ1) is 9.35. The number of benzene rings is 1. The van der Waals surface area contributed by atoms with Crippen molar-refractivity contribution in [2.75, 3.05) is 0 Å². The van der Waals surface area contributed by atoms with Crippen LogP contribution in [-0.2, 0) is 18.6 Å². The number of nitrogens with zero attached hydrogens (tertiary/aromatic N) is 2. The third-order valence-corrected chi connectivity index (χ3v) is 5.18. The van der Waals surface area contributed by atoms with Crippen LogP contribution in [0.5, 0.6) is 0 Å². The summed E-state index contributed by atoms with van der Waals surface area (Å²) in [6.45, 7) is 6.68. The molecule has 0 aliphatic heterocycles. The highest BCUT2D eigenvalue weighted by molar-refractivity contribution is 14.1. The number of hydrogen-bond acceptors (Lipinski definition) is 2. The van der Waals surface area contributed by atoms with E-state index in [0.717, 1.165) is 31.5 Å². The fourth-order valence-electron chi connectivity index (χ4n) is 2.27. The van der Waals surface area contributed by atoms with Gasteiger partial charge in [0.2, 0.25) is 0 Å². The summed E-state index contributed by atoms with van der Waals surface area (Å²) >= 11 is 5.85. The molecule has 0 amide bonds. The van der Waals surface area contributed by atoms with Crippen molar-refractivity contribution in [1.29, 1.82) is 0 Å². The molecule has 3 nitrogen and oxygen atoms in total. The van der Waals surface area contributed by atoms with Crippen molar-refractivity contribution in [3.63, 3.8) is 0 Å². The molecule has 20 heavy (non-hydrogen) atoms. The fourth-order valence-corrected chi connectivity index (χ4v) is 3.06. The Balaban J connectivity index is 2.35. The summed E-state index contributed by atoms with van der Waals surface area (Å²) in [6, 6.07) is 7.99. The van der Waals surface area contributed by atoms with Gasteiger partial charge in [0.15, 0.2) is 0 Å². The Bertz CT molecular complexity index is 605. The minimum Gasteiger partial charge on any atom is -0.385 e. The van der Waals surface area contributed by atoms with E-state index in [1.165, 1.54) is 0 Å². The molecule has 0 fully saturated rings. The van der Waals surface area contributed by atoms with Crippen molar-refractivity contribution in [3.8, 4) is 0 Å². The highest BCUT2D eigenvalue weighted by Gasteiger charge is 2.27. The minimum absolute atomic E-state index is 0.531. The van der Waals surface area contributed by atoms with Gasteiger partial charge >= 0.3 is 0 Å². The van der Waals surface area contributed by atoms with Gasteiger partial charge in [0.25, 0.3) is 0 Å². The standard InChI is InChI=1S/C15H18BrIN2O/c1-4-19-13(14(16)10(2)18-19)9-15(3,20)11-5-7-12(17)8-6-11/h5-8,20H,4,9H2,1-3H3. The molecule has 2 rings (SSSR count). The quantitative estimate of drug-likeness (QED) is 0.717. The molecular formula is C15H18BrIN2O. The zero-order valence-corrected chi connectivity index (χ0v) is 15.6. The van der Waals surface area contributed by atoms with Crippen LogP contribution in [0.2, 0.25) is 0 Å². The molecule has 1 aromatic heterocycles. The van der Waals surface area contributed by atoms with Crippen molar-refractivity contribution < 1.29 is 5.11 Å². The van der Waals surface area contributed by atoms with Crippen LogP contribution in [0.1, 0.15) is 30.8 Å². The van der Waals surface area contributed by atoms with Gasteiger partial charge in [-0.3, -0.25) is 4.68 Å². The van der Waals surface area contributed by atoms with Gasteiger partial charge in [-0.15, -0.1) is 0 Å². The van der Waals surface area contributed by atoms with Crippen molar-refractivity contribution in [2.45, 2.75) is 39.3 Å². The molecule has 0 radical (unpaired) electrons. The van der Waals surface area contributed by atoms with Crippen LogP contribution in [-0.4, -0.2) is 14.9 Å². The average molecular weight is 449 g/mol. The van der Waals surface area contributed by atoms with E-state index in [9.17, 15) is 5.11 Å². The molecule has 0 aliphatic carbocycles. The van der Waals surface area contributed by atoms with E-state index < -0.39 is 5.60 Å². The second-order valence-electron chi connectivity index (χ2n) is 5.12. The summed E-state index contributed by atoms with van der Waals surface area (Å²) in [4.78, 5) is 0. The summed E-state index contributed by atoms with van der Waals surface area (Å²) in [5.41, 5.74) is 2.01. The van der Waals surface area contributed by atoms with Crippen molar-refractivity contribution in [2.24, 2.45) is 0 Å². The molecule has 0 spiro atoms. The van der Waals surface area contributed by atoms with Crippen LogP contribution >= 0.6 is 38.5 Å². The first-order valence-corrected chi connectivity index (χ1v) is 8.42. The van der Waals surface area contributed by atoms with Gasteiger partial charge < -0.3 is 5.11 Å². The van der Waals surface area contributed by atoms with Crippen LogP contribution in [0.15, 0.2) is 28.7 Å². The predicted molar refractivity (Wildman–Crippen MR) is 92.8 cm³/mol. The molecule has 1 atom stereocenters. The molecule has 0 saturated carbocycles. The van der Waals surface area contributed by atoms with Gasteiger partial charge in [0.1, 0.15) is 0 Å². The number of halogens is 2. The number of aromatic nitrogens is 2. The Morgan fingerprint density at radius 2 is 1.95 bits per heavy atom. The Hall–Kier alpha value is -0.400. The molecule has 0 saturated heterocycles. The Morgan fingerprint density at radius 3 is 2.50 bits per heavy atom. The molecule has 1 N–H and O–H groups in total. The third kappa shape index (κ3) is 3.26. The van der Waals surface area contributed by atoms with E-state index in [4.69, 9.17) is 0 Å². The molecule has 1 aromatic carbocycles. The smallest absolute Gasteiger partial charge is 0.0924 e. The van der Waals surface area contributed by atoms with E-state index >= 15 is 0 Å². The summed E-state index contributed by atoms with van der Waals surface area (Å²) in [7, 11) is 0. The maximum absolute atomic E-state index is 10.8.